The van der Waals surface area contributed by atoms with Gasteiger partial charge in [-0.15, -0.1) is 11.8 Å². The second-order valence-electron chi connectivity index (χ2n) is 8.18. The standard InChI is InChI=1S/C28H23Cl2N5O3S3/c1-2-39-28-34-27(41-35-28)33-24(36)16-40-21-10-6-9-20(15-21)31-26(38)23(13-18-11-12-19(29)14-22(18)30)32-25(37)17-7-4-3-5-8-17/h3-15H,2,16H2,1H3,(H,31,38)(H,32,37)(H,33,34,35,36)/b23-13+. The Labute approximate surface area is 259 Å². The normalized spacial score (nSPS) is 11.1. The highest BCUT2D eigenvalue weighted by molar-refractivity contribution is 8.00. The van der Waals surface area contributed by atoms with Gasteiger partial charge in [-0.25, -0.2) is 0 Å². The molecule has 4 rings (SSSR count). The number of anilines is 2. The summed E-state index contributed by atoms with van der Waals surface area (Å²) in [5.74, 6) is -0.248. The van der Waals surface area contributed by atoms with Crippen LogP contribution >= 0.6 is 58.3 Å². The summed E-state index contributed by atoms with van der Waals surface area (Å²) < 4.78 is 4.19. The van der Waals surface area contributed by atoms with Crippen molar-refractivity contribution in [3.63, 3.8) is 0 Å². The molecule has 0 fully saturated rings. The molecule has 8 nitrogen and oxygen atoms in total. The molecule has 4 aromatic rings. The van der Waals surface area contributed by atoms with E-state index in [1.165, 1.54) is 29.6 Å². The van der Waals surface area contributed by atoms with Gasteiger partial charge in [0.2, 0.25) is 16.2 Å². The van der Waals surface area contributed by atoms with E-state index >= 15 is 0 Å². The van der Waals surface area contributed by atoms with Crippen molar-refractivity contribution in [1.29, 1.82) is 0 Å². The van der Waals surface area contributed by atoms with Crippen molar-refractivity contribution < 1.29 is 14.4 Å². The molecule has 0 saturated carbocycles. The topological polar surface area (TPSA) is 113 Å². The van der Waals surface area contributed by atoms with Gasteiger partial charge in [0, 0.05) is 37.7 Å². The van der Waals surface area contributed by atoms with E-state index in [4.69, 9.17) is 23.2 Å². The van der Waals surface area contributed by atoms with Crippen molar-refractivity contribution >= 4 is 92.9 Å². The van der Waals surface area contributed by atoms with Crippen molar-refractivity contribution in [2.24, 2.45) is 0 Å². The number of aromatic nitrogens is 2. The number of hydrogen-bond acceptors (Lipinski definition) is 8. The lowest BCUT2D eigenvalue weighted by Crippen LogP contribution is -2.30. The number of hydrogen-bond donors (Lipinski definition) is 3. The zero-order chi connectivity index (χ0) is 29.2. The first kappa shape index (κ1) is 30.6. The fourth-order valence-corrected chi connectivity index (χ4v) is 5.84. The monoisotopic (exact) mass is 643 g/mol. The summed E-state index contributed by atoms with van der Waals surface area (Å²) in [6, 6.07) is 20.4. The highest BCUT2D eigenvalue weighted by Crippen LogP contribution is 2.25. The van der Waals surface area contributed by atoms with Crippen molar-refractivity contribution in [2.45, 2.75) is 17.0 Å². The van der Waals surface area contributed by atoms with Crippen molar-refractivity contribution in [3.05, 3.63) is 99.7 Å². The molecule has 41 heavy (non-hydrogen) atoms. The Hall–Kier alpha value is -3.35. The van der Waals surface area contributed by atoms with Crippen LogP contribution in [-0.4, -0.2) is 38.6 Å². The maximum atomic E-state index is 13.3. The molecule has 0 saturated heterocycles. The minimum atomic E-state index is -0.558. The summed E-state index contributed by atoms with van der Waals surface area (Å²) >= 11 is 16.3. The van der Waals surface area contributed by atoms with Gasteiger partial charge >= 0.3 is 0 Å². The summed E-state index contributed by atoms with van der Waals surface area (Å²) in [6.45, 7) is 2.00. The van der Waals surface area contributed by atoms with Crippen LogP contribution in [0.1, 0.15) is 22.8 Å². The first-order chi connectivity index (χ1) is 19.8. The molecule has 1 aromatic heterocycles. The molecular weight excluding hydrogens is 621 g/mol. The molecule has 3 amide bonds. The van der Waals surface area contributed by atoms with Gasteiger partial charge in [0.05, 0.1) is 5.75 Å². The molecule has 3 aromatic carbocycles. The number of thioether (sulfide) groups is 2. The lowest BCUT2D eigenvalue weighted by molar-refractivity contribution is -0.114. The van der Waals surface area contributed by atoms with Gasteiger partial charge in [-0.1, -0.05) is 72.2 Å². The fourth-order valence-electron chi connectivity index (χ4n) is 3.33. The van der Waals surface area contributed by atoms with Crippen LogP contribution in [0.15, 0.2) is 88.5 Å². The van der Waals surface area contributed by atoms with Gasteiger partial charge in [0.15, 0.2) is 0 Å². The molecule has 13 heteroatoms. The first-order valence-corrected chi connectivity index (χ1v) is 15.6. The maximum Gasteiger partial charge on any atom is 0.272 e. The molecular formula is C28H23Cl2N5O3S3. The predicted molar refractivity (Wildman–Crippen MR) is 169 cm³/mol. The summed E-state index contributed by atoms with van der Waals surface area (Å²) in [6.07, 6.45) is 1.48. The van der Waals surface area contributed by atoms with Gasteiger partial charge in [-0.2, -0.15) is 9.36 Å². The first-order valence-electron chi connectivity index (χ1n) is 12.1. The maximum absolute atomic E-state index is 13.3. The Morgan fingerprint density at radius 3 is 2.51 bits per heavy atom. The highest BCUT2D eigenvalue weighted by atomic mass is 35.5. The van der Waals surface area contributed by atoms with E-state index in [2.05, 4.69) is 25.3 Å². The van der Waals surface area contributed by atoms with Gasteiger partial charge < -0.3 is 10.6 Å². The smallest absolute Gasteiger partial charge is 0.272 e. The number of nitrogens with zero attached hydrogens (tertiary/aromatic N) is 2. The second-order valence-corrected chi connectivity index (χ2v) is 12.1. The molecule has 0 bridgehead atoms. The van der Waals surface area contributed by atoms with Gasteiger partial charge in [0.25, 0.3) is 11.8 Å². The number of nitrogens with one attached hydrogen (secondary N) is 3. The van der Waals surface area contributed by atoms with E-state index in [0.717, 1.165) is 22.2 Å². The zero-order valence-corrected chi connectivity index (χ0v) is 25.5. The third-order valence-electron chi connectivity index (χ3n) is 5.18. The summed E-state index contributed by atoms with van der Waals surface area (Å²) in [5.41, 5.74) is 1.35. The van der Waals surface area contributed by atoms with E-state index in [9.17, 15) is 14.4 Å². The Balaban J connectivity index is 1.45. The number of rotatable bonds is 11. The number of halogens is 2. The van der Waals surface area contributed by atoms with Crippen LogP contribution in [-0.2, 0) is 9.59 Å². The number of carbonyl (C=O) groups is 3. The Morgan fingerprint density at radius 2 is 1.76 bits per heavy atom. The summed E-state index contributed by atoms with van der Waals surface area (Å²) in [7, 11) is 0. The molecule has 3 N–H and O–H groups in total. The summed E-state index contributed by atoms with van der Waals surface area (Å²) in [4.78, 5) is 43.7. The van der Waals surface area contributed by atoms with Crippen molar-refractivity contribution in [1.82, 2.24) is 14.7 Å². The van der Waals surface area contributed by atoms with E-state index in [0.29, 0.717) is 37.1 Å². The van der Waals surface area contributed by atoms with Crippen LogP contribution in [0.5, 0.6) is 0 Å². The average molecular weight is 645 g/mol. The second kappa shape index (κ2) is 15.0. The number of amides is 3. The lowest BCUT2D eigenvalue weighted by Gasteiger charge is -2.12. The largest absolute Gasteiger partial charge is 0.321 e. The molecule has 0 atom stereocenters. The average Bonchev–Trinajstić information content (AvgIpc) is 3.40. The number of benzene rings is 3. The third kappa shape index (κ3) is 9.34. The lowest BCUT2D eigenvalue weighted by atomic mass is 10.1. The Bertz CT molecular complexity index is 1580. The predicted octanol–water partition coefficient (Wildman–Crippen LogP) is 7.10. The van der Waals surface area contributed by atoms with Crippen LogP contribution in [0.4, 0.5) is 10.8 Å². The fraction of sp³-hybridized carbons (Fsp3) is 0.107. The van der Waals surface area contributed by atoms with E-state index in [1.54, 1.807) is 66.7 Å². The SMILES string of the molecule is CCSc1nsc(NC(=O)CSc2cccc(NC(=O)/C(=C\c3ccc(Cl)cc3Cl)NC(=O)c3ccccc3)c2)n1. The number of carbonyl (C=O) groups excluding carboxylic acids is 3. The van der Waals surface area contributed by atoms with Gasteiger partial charge in [-0.3, -0.25) is 19.7 Å². The molecule has 210 valence electrons. The minimum Gasteiger partial charge on any atom is -0.321 e. The van der Waals surface area contributed by atoms with Crippen LogP contribution < -0.4 is 16.0 Å². The Kier molecular flexibility index (Phi) is 11.2. The Morgan fingerprint density at radius 1 is 0.951 bits per heavy atom. The molecule has 0 aliphatic carbocycles. The van der Waals surface area contributed by atoms with Crippen molar-refractivity contribution in [3.8, 4) is 0 Å². The quantitative estimate of drug-likeness (QED) is 0.118. The highest BCUT2D eigenvalue weighted by Gasteiger charge is 2.16. The molecule has 0 unspecified atom stereocenters. The van der Waals surface area contributed by atoms with E-state index in [-0.39, 0.29) is 17.4 Å². The van der Waals surface area contributed by atoms with E-state index in [1.807, 2.05) is 13.0 Å². The van der Waals surface area contributed by atoms with Crippen LogP contribution in [0.3, 0.4) is 0 Å². The van der Waals surface area contributed by atoms with E-state index < -0.39 is 11.8 Å². The van der Waals surface area contributed by atoms with Crippen LogP contribution in [0.25, 0.3) is 6.08 Å². The minimum absolute atomic E-state index is 0.0156. The van der Waals surface area contributed by atoms with Crippen molar-refractivity contribution in [2.75, 3.05) is 22.1 Å². The van der Waals surface area contributed by atoms with Crippen LogP contribution in [0.2, 0.25) is 10.0 Å². The third-order valence-corrected chi connectivity index (χ3v) is 8.21. The van der Waals surface area contributed by atoms with Crippen LogP contribution in [0, 0.1) is 0 Å². The molecule has 0 aliphatic heterocycles. The van der Waals surface area contributed by atoms with Gasteiger partial charge in [-0.05, 0) is 59.9 Å². The molecule has 0 aliphatic rings. The summed E-state index contributed by atoms with van der Waals surface area (Å²) in [5, 5.41) is 10.1. The molecule has 0 spiro atoms. The molecule has 0 radical (unpaired) electrons. The molecule has 1 heterocycles. The zero-order valence-electron chi connectivity index (χ0n) is 21.5. The van der Waals surface area contributed by atoms with Gasteiger partial charge in [0.1, 0.15) is 5.70 Å².